The predicted molar refractivity (Wildman–Crippen MR) is 76.2 cm³/mol. The van der Waals surface area contributed by atoms with Crippen molar-refractivity contribution in [2.45, 2.75) is 17.4 Å². The molecule has 0 spiro atoms. The van der Waals surface area contributed by atoms with Gasteiger partial charge in [0.1, 0.15) is 16.7 Å². The Morgan fingerprint density at radius 3 is 2.90 bits per heavy atom. The fourth-order valence-electron chi connectivity index (χ4n) is 2.05. The van der Waals surface area contributed by atoms with E-state index in [0.717, 1.165) is 6.20 Å². The van der Waals surface area contributed by atoms with E-state index in [1.807, 2.05) is 6.07 Å². The number of carboxylic acid groups (broad SMARTS) is 1. The monoisotopic (exact) mass is 327 g/mol. The lowest BCUT2D eigenvalue weighted by molar-refractivity contribution is -0.137. The van der Waals surface area contributed by atoms with Crippen molar-refractivity contribution in [2.24, 2.45) is 0 Å². The molecule has 1 N–H and O–H groups in total. The lowest BCUT2D eigenvalue weighted by Gasteiger charge is -2.33. The fourth-order valence-corrected chi connectivity index (χ4v) is 4.89. The third-order valence-electron chi connectivity index (χ3n) is 3.04. The minimum Gasteiger partial charge on any atom is -0.481 e. The van der Waals surface area contributed by atoms with E-state index in [9.17, 15) is 13.2 Å². The van der Waals surface area contributed by atoms with E-state index in [1.165, 1.54) is 28.2 Å². The maximum Gasteiger partial charge on any atom is 0.305 e. The number of rotatable bonds is 4. The molecule has 0 aliphatic carbocycles. The zero-order valence-electron chi connectivity index (χ0n) is 11.0. The van der Waals surface area contributed by atoms with Crippen molar-refractivity contribution in [2.75, 3.05) is 18.1 Å². The lowest BCUT2D eigenvalue weighted by atomic mass is 10.2. The van der Waals surface area contributed by atoms with Crippen LogP contribution in [0.4, 0.5) is 0 Å². The smallest absolute Gasteiger partial charge is 0.305 e. The summed E-state index contributed by atoms with van der Waals surface area (Å²) in [6.07, 6.45) is 0.906. The Labute approximate surface area is 126 Å². The lowest BCUT2D eigenvalue weighted by Crippen LogP contribution is -2.47. The highest BCUT2D eigenvalue weighted by atomic mass is 32.2. The van der Waals surface area contributed by atoms with Gasteiger partial charge in [-0.1, -0.05) is 0 Å². The Morgan fingerprint density at radius 2 is 2.33 bits per heavy atom. The van der Waals surface area contributed by atoms with Gasteiger partial charge in [0.05, 0.1) is 6.42 Å². The van der Waals surface area contributed by atoms with Crippen molar-refractivity contribution in [1.82, 2.24) is 9.29 Å². The Morgan fingerprint density at radius 1 is 1.57 bits per heavy atom. The number of hydrogen-bond donors (Lipinski definition) is 1. The average molecular weight is 327 g/mol. The first-order chi connectivity index (χ1) is 9.95. The summed E-state index contributed by atoms with van der Waals surface area (Å²) in [5.74, 6) is 0.0505. The summed E-state index contributed by atoms with van der Waals surface area (Å²) in [5, 5.41) is 17.6. The molecule has 1 aliphatic heterocycles. The Balaban J connectivity index is 2.31. The third-order valence-corrected chi connectivity index (χ3v) is 6.07. The van der Waals surface area contributed by atoms with Gasteiger partial charge in [-0.2, -0.15) is 21.3 Å². The molecule has 0 radical (unpaired) electrons. The van der Waals surface area contributed by atoms with Gasteiger partial charge in [-0.3, -0.25) is 4.79 Å². The minimum atomic E-state index is -3.80. The van der Waals surface area contributed by atoms with Crippen LogP contribution in [0.1, 0.15) is 12.1 Å². The molecule has 0 amide bonds. The topological polar surface area (TPSA) is 111 Å². The summed E-state index contributed by atoms with van der Waals surface area (Å²) < 4.78 is 26.4. The molecule has 7 nitrogen and oxygen atoms in total. The molecule has 21 heavy (non-hydrogen) atoms. The van der Waals surface area contributed by atoms with Crippen LogP contribution in [-0.4, -0.2) is 52.9 Å². The zero-order chi connectivity index (χ0) is 15.5. The number of aliphatic carboxylic acids is 1. The maximum atomic E-state index is 12.6. The number of thioether (sulfide) groups is 1. The van der Waals surface area contributed by atoms with Gasteiger partial charge in [-0.25, -0.2) is 13.4 Å². The van der Waals surface area contributed by atoms with E-state index in [0.29, 0.717) is 11.5 Å². The van der Waals surface area contributed by atoms with Crippen LogP contribution in [0.5, 0.6) is 0 Å². The van der Waals surface area contributed by atoms with Gasteiger partial charge < -0.3 is 5.11 Å². The van der Waals surface area contributed by atoms with E-state index in [4.69, 9.17) is 10.4 Å². The van der Waals surface area contributed by atoms with Crippen LogP contribution in [0.3, 0.4) is 0 Å². The van der Waals surface area contributed by atoms with Gasteiger partial charge in [0.25, 0.3) is 0 Å². The summed E-state index contributed by atoms with van der Waals surface area (Å²) in [7, 11) is -3.80. The van der Waals surface area contributed by atoms with Gasteiger partial charge in [-0.15, -0.1) is 0 Å². The molecule has 0 aromatic carbocycles. The molecular formula is C12H13N3O4S2. The quantitative estimate of drug-likeness (QED) is 0.858. The highest BCUT2D eigenvalue weighted by Gasteiger charge is 2.35. The average Bonchev–Trinajstić information content (AvgIpc) is 2.47. The van der Waals surface area contributed by atoms with Gasteiger partial charge in [-0.05, 0) is 12.1 Å². The molecule has 2 heterocycles. The van der Waals surface area contributed by atoms with Gasteiger partial charge in [0.15, 0.2) is 0 Å². The summed E-state index contributed by atoms with van der Waals surface area (Å²) in [6, 6.07) is 3.90. The molecule has 9 heteroatoms. The summed E-state index contributed by atoms with van der Waals surface area (Å²) in [5.41, 5.74) is 0.130. The highest BCUT2D eigenvalue weighted by molar-refractivity contribution is 7.99. The van der Waals surface area contributed by atoms with E-state index < -0.39 is 22.0 Å². The number of nitriles is 1. The largest absolute Gasteiger partial charge is 0.481 e. The molecule has 1 aliphatic rings. The van der Waals surface area contributed by atoms with Crippen molar-refractivity contribution in [1.29, 1.82) is 5.26 Å². The molecular weight excluding hydrogens is 314 g/mol. The number of pyridine rings is 1. The van der Waals surface area contributed by atoms with Crippen LogP contribution < -0.4 is 0 Å². The molecule has 1 atom stereocenters. The molecule has 1 saturated heterocycles. The SMILES string of the molecule is N#Cc1ccc(S(=O)(=O)N2CCSCC2CC(=O)O)cn1. The van der Waals surface area contributed by atoms with Crippen molar-refractivity contribution < 1.29 is 18.3 Å². The van der Waals surface area contributed by atoms with Crippen LogP contribution in [0.15, 0.2) is 23.2 Å². The van der Waals surface area contributed by atoms with Crippen molar-refractivity contribution in [3.63, 3.8) is 0 Å². The Kier molecular flexibility index (Phi) is 4.82. The second-order valence-electron chi connectivity index (χ2n) is 4.43. The Bertz CT molecular complexity index is 667. The molecule has 2 rings (SSSR count). The first-order valence-electron chi connectivity index (χ1n) is 6.12. The summed E-state index contributed by atoms with van der Waals surface area (Å²) in [6.45, 7) is 0.269. The molecule has 112 valence electrons. The van der Waals surface area contributed by atoms with Crippen LogP contribution in [0.2, 0.25) is 0 Å². The number of carbonyl (C=O) groups is 1. The zero-order valence-corrected chi connectivity index (χ0v) is 12.6. The number of sulfonamides is 1. The van der Waals surface area contributed by atoms with E-state index in [1.54, 1.807) is 0 Å². The van der Waals surface area contributed by atoms with Crippen LogP contribution in [0.25, 0.3) is 0 Å². The van der Waals surface area contributed by atoms with E-state index in [2.05, 4.69) is 4.98 Å². The molecule has 1 unspecified atom stereocenters. The molecule has 1 fully saturated rings. The summed E-state index contributed by atoms with van der Waals surface area (Å²) in [4.78, 5) is 14.6. The first-order valence-corrected chi connectivity index (χ1v) is 8.72. The van der Waals surface area contributed by atoms with Crippen molar-refractivity contribution in [3.05, 3.63) is 24.0 Å². The van der Waals surface area contributed by atoms with Gasteiger partial charge in [0.2, 0.25) is 10.0 Å². The first kappa shape index (κ1) is 15.8. The minimum absolute atomic E-state index is 0.0243. The molecule has 0 bridgehead atoms. The predicted octanol–water partition coefficient (Wildman–Crippen LogP) is 0.534. The summed E-state index contributed by atoms with van der Waals surface area (Å²) >= 11 is 1.54. The van der Waals surface area contributed by atoms with E-state index >= 15 is 0 Å². The molecule has 1 aromatic heterocycles. The second kappa shape index (κ2) is 6.43. The van der Waals surface area contributed by atoms with Gasteiger partial charge in [0, 0.05) is 30.3 Å². The van der Waals surface area contributed by atoms with Crippen LogP contribution in [-0.2, 0) is 14.8 Å². The van der Waals surface area contributed by atoms with Crippen molar-refractivity contribution in [3.8, 4) is 6.07 Å². The van der Waals surface area contributed by atoms with Gasteiger partial charge >= 0.3 is 5.97 Å². The number of nitrogens with zero attached hydrogens (tertiary/aromatic N) is 3. The maximum absolute atomic E-state index is 12.6. The second-order valence-corrected chi connectivity index (χ2v) is 7.47. The molecule has 1 aromatic rings. The van der Waals surface area contributed by atoms with Crippen molar-refractivity contribution >= 4 is 27.8 Å². The van der Waals surface area contributed by atoms with Crippen LogP contribution in [0, 0.1) is 11.3 Å². The standard InChI is InChI=1S/C12H13N3O4S2/c13-6-9-1-2-11(7-14-9)21(18,19)15-3-4-20-8-10(15)5-12(16)17/h1-2,7,10H,3-5,8H2,(H,16,17). The number of aromatic nitrogens is 1. The van der Waals surface area contributed by atoms with Crippen LogP contribution >= 0.6 is 11.8 Å². The highest BCUT2D eigenvalue weighted by Crippen LogP contribution is 2.26. The fraction of sp³-hybridized carbons (Fsp3) is 0.417. The third kappa shape index (κ3) is 3.53. The van der Waals surface area contributed by atoms with E-state index in [-0.39, 0.29) is 23.6 Å². The Hall–Kier alpha value is -1.63. The number of hydrogen-bond acceptors (Lipinski definition) is 6. The molecule has 0 saturated carbocycles. The normalized spacial score (nSPS) is 19.9. The number of carboxylic acids is 1.